The number of hydrogen-bond donors (Lipinski definition) is 0. The molecule has 0 heterocycles. The highest BCUT2D eigenvalue weighted by atomic mass is 13.7. The summed E-state index contributed by atoms with van der Waals surface area (Å²) in [6, 6.07) is 0. The maximum absolute atomic E-state index is 3.36. The van der Waals surface area contributed by atoms with Gasteiger partial charge in [0, 0.05) is 0 Å². The molecule has 0 aliphatic heterocycles. The first kappa shape index (κ1) is 11.3. The highest BCUT2D eigenvalue weighted by Crippen LogP contribution is 1.88. The van der Waals surface area contributed by atoms with Gasteiger partial charge in [-0.3, -0.25) is 0 Å². The number of hydrogen-bond acceptors (Lipinski definition) is 0. The first-order valence-electron chi connectivity index (χ1n) is 3.39. The van der Waals surface area contributed by atoms with E-state index >= 15 is 0 Å². The third-order valence-corrected chi connectivity index (χ3v) is 0.612. The molecule has 0 heteroatoms. The van der Waals surface area contributed by atoms with Gasteiger partial charge in [-0.15, -0.1) is 6.58 Å². The molecule has 0 aliphatic carbocycles. The smallest absolute Gasteiger partial charge is 0.0377 e. The van der Waals surface area contributed by atoms with E-state index in [0.29, 0.717) is 0 Å². The molecule has 0 unspecified atom stereocenters. The summed E-state index contributed by atoms with van der Waals surface area (Å²) in [7, 11) is 0. The molecule has 0 aromatic rings. The summed E-state index contributed by atoms with van der Waals surface area (Å²) in [5.41, 5.74) is 1.41. The molecule has 0 saturated heterocycles. The molecule has 0 fully saturated rings. The van der Waals surface area contributed by atoms with E-state index in [2.05, 4.69) is 33.4 Å². The van der Waals surface area contributed by atoms with Crippen LogP contribution in [-0.4, -0.2) is 0 Å². The van der Waals surface area contributed by atoms with Crippen molar-refractivity contribution in [1.29, 1.82) is 0 Å². The highest BCUT2D eigenvalue weighted by molar-refractivity contribution is 4.91. The normalized spacial score (nSPS) is 6.67. The second kappa shape index (κ2) is 10.5. The van der Waals surface area contributed by atoms with Crippen LogP contribution in [0.3, 0.4) is 0 Å². The van der Waals surface area contributed by atoms with Crippen molar-refractivity contribution in [3.63, 3.8) is 0 Å². The van der Waals surface area contributed by atoms with E-state index in [4.69, 9.17) is 0 Å². The van der Waals surface area contributed by atoms with Crippen LogP contribution in [0.15, 0.2) is 24.3 Å². The molecule has 0 amide bonds. The third kappa shape index (κ3) is 36.5. The molecule has 0 N–H and O–H groups in total. The minimum absolute atomic E-state index is 1.17. The SMILES string of the molecule is C=CC.CCC=C(C)C. The van der Waals surface area contributed by atoms with Crippen LogP contribution in [0.5, 0.6) is 0 Å². The van der Waals surface area contributed by atoms with Gasteiger partial charge in [0.25, 0.3) is 0 Å². The van der Waals surface area contributed by atoms with Crippen molar-refractivity contribution < 1.29 is 0 Å². The zero-order chi connectivity index (χ0) is 7.70. The fraction of sp³-hybridized carbons (Fsp3) is 0.556. The standard InChI is InChI=1S/C6H12.C3H6/c1-4-5-6(2)3;1-3-2/h5H,4H2,1-3H3;3H,1H2,2H3. The predicted molar refractivity (Wildman–Crippen MR) is 45.6 cm³/mol. The molecule has 0 atom stereocenters. The summed E-state index contributed by atoms with van der Waals surface area (Å²) in [5.74, 6) is 0. The Morgan fingerprint density at radius 1 is 1.44 bits per heavy atom. The average molecular weight is 126 g/mol. The molecule has 0 bridgehead atoms. The Labute approximate surface area is 59.3 Å². The lowest BCUT2D eigenvalue weighted by Crippen LogP contribution is -1.58. The molecule has 9 heavy (non-hydrogen) atoms. The van der Waals surface area contributed by atoms with Crippen LogP contribution < -0.4 is 0 Å². The largest absolute Gasteiger partial charge is 0.103 e. The minimum Gasteiger partial charge on any atom is -0.103 e. The van der Waals surface area contributed by atoms with Gasteiger partial charge >= 0.3 is 0 Å². The molecule has 0 aromatic heterocycles. The van der Waals surface area contributed by atoms with Crippen LogP contribution in [0.1, 0.15) is 34.1 Å². The van der Waals surface area contributed by atoms with Crippen molar-refractivity contribution >= 4 is 0 Å². The fourth-order valence-electron chi connectivity index (χ4n) is 0.408. The lowest BCUT2D eigenvalue weighted by atomic mass is 10.3. The first-order chi connectivity index (χ1) is 4.18. The Hall–Kier alpha value is -0.520. The monoisotopic (exact) mass is 126 g/mol. The third-order valence-electron chi connectivity index (χ3n) is 0.612. The molecule has 0 aliphatic rings. The van der Waals surface area contributed by atoms with Crippen LogP contribution in [0, 0.1) is 0 Å². The molecule has 0 saturated carbocycles. The van der Waals surface area contributed by atoms with Gasteiger partial charge in [0.15, 0.2) is 0 Å². The zero-order valence-corrected chi connectivity index (χ0v) is 7.07. The van der Waals surface area contributed by atoms with Crippen LogP contribution >= 0.6 is 0 Å². The van der Waals surface area contributed by atoms with E-state index in [1.807, 2.05) is 6.92 Å². The van der Waals surface area contributed by atoms with Crippen molar-refractivity contribution in [2.24, 2.45) is 0 Å². The van der Waals surface area contributed by atoms with Crippen molar-refractivity contribution in [1.82, 2.24) is 0 Å². The van der Waals surface area contributed by atoms with Crippen molar-refractivity contribution in [2.75, 3.05) is 0 Å². The van der Waals surface area contributed by atoms with Crippen LogP contribution in [-0.2, 0) is 0 Å². The molecular weight excluding hydrogens is 108 g/mol. The van der Waals surface area contributed by atoms with Gasteiger partial charge in [0.1, 0.15) is 0 Å². The Bertz CT molecular complexity index is 74.0. The zero-order valence-electron chi connectivity index (χ0n) is 7.07. The summed E-state index contributed by atoms with van der Waals surface area (Å²) in [6.07, 6.45) is 5.13. The van der Waals surface area contributed by atoms with Crippen LogP contribution in [0.2, 0.25) is 0 Å². The highest BCUT2D eigenvalue weighted by Gasteiger charge is 1.67. The molecule has 0 nitrogen and oxygen atoms in total. The van der Waals surface area contributed by atoms with Gasteiger partial charge in [-0.1, -0.05) is 24.6 Å². The topological polar surface area (TPSA) is 0 Å². The lowest BCUT2D eigenvalue weighted by Gasteiger charge is -1.80. The number of allylic oxidation sites excluding steroid dienone is 3. The predicted octanol–water partition coefficient (Wildman–Crippen LogP) is 3.55. The van der Waals surface area contributed by atoms with Gasteiger partial charge in [-0.2, -0.15) is 0 Å². The van der Waals surface area contributed by atoms with E-state index < -0.39 is 0 Å². The molecular formula is C9H18. The Balaban J connectivity index is 0. The van der Waals surface area contributed by atoms with Gasteiger partial charge in [0.2, 0.25) is 0 Å². The molecule has 0 radical (unpaired) electrons. The molecule has 0 spiro atoms. The summed E-state index contributed by atoms with van der Waals surface area (Å²) in [6.45, 7) is 11.6. The molecule has 0 aromatic carbocycles. The van der Waals surface area contributed by atoms with E-state index in [9.17, 15) is 0 Å². The summed E-state index contributed by atoms with van der Waals surface area (Å²) >= 11 is 0. The number of rotatable bonds is 1. The average Bonchev–Trinajstić information content (AvgIpc) is 1.67. The van der Waals surface area contributed by atoms with Crippen LogP contribution in [0.4, 0.5) is 0 Å². The quantitative estimate of drug-likeness (QED) is 0.471. The van der Waals surface area contributed by atoms with Gasteiger partial charge in [0.05, 0.1) is 0 Å². The minimum atomic E-state index is 1.17. The Morgan fingerprint density at radius 2 is 1.78 bits per heavy atom. The molecule has 54 valence electrons. The second-order valence-electron chi connectivity index (χ2n) is 2.10. The fourth-order valence-corrected chi connectivity index (χ4v) is 0.408. The second-order valence-corrected chi connectivity index (χ2v) is 2.10. The Kier molecular flexibility index (Phi) is 13.1. The van der Waals surface area contributed by atoms with Crippen molar-refractivity contribution in [3.05, 3.63) is 24.3 Å². The maximum Gasteiger partial charge on any atom is -0.0377 e. The van der Waals surface area contributed by atoms with Crippen molar-refractivity contribution in [2.45, 2.75) is 34.1 Å². The van der Waals surface area contributed by atoms with Crippen LogP contribution in [0.25, 0.3) is 0 Å². The lowest BCUT2D eigenvalue weighted by molar-refractivity contribution is 1.18. The van der Waals surface area contributed by atoms with E-state index in [-0.39, 0.29) is 0 Å². The van der Waals surface area contributed by atoms with E-state index in [0.717, 1.165) is 0 Å². The summed E-state index contributed by atoms with van der Waals surface area (Å²) < 4.78 is 0. The Morgan fingerprint density at radius 3 is 1.78 bits per heavy atom. The maximum atomic E-state index is 3.36. The molecule has 0 rings (SSSR count). The summed E-state index contributed by atoms with van der Waals surface area (Å²) in [4.78, 5) is 0. The van der Waals surface area contributed by atoms with E-state index in [1.165, 1.54) is 12.0 Å². The van der Waals surface area contributed by atoms with Gasteiger partial charge in [-0.25, -0.2) is 0 Å². The summed E-state index contributed by atoms with van der Waals surface area (Å²) in [5, 5.41) is 0. The van der Waals surface area contributed by atoms with Gasteiger partial charge < -0.3 is 0 Å². The van der Waals surface area contributed by atoms with Gasteiger partial charge in [-0.05, 0) is 27.2 Å². The van der Waals surface area contributed by atoms with Crippen molar-refractivity contribution in [3.8, 4) is 0 Å². The van der Waals surface area contributed by atoms with E-state index in [1.54, 1.807) is 6.08 Å². The first-order valence-corrected chi connectivity index (χ1v) is 3.39.